The van der Waals surface area contributed by atoms with E-state index in [2.05, 4.69) is 5.10 Å². The molecule has 0 radical (unpaired) electrons. The Morgan fingerprint density at radius 3 is 2.73 bits per heavy atom. The zero-order chi connectivity index (χ0) is 29.0. The molecule has 1 aromatic carbocycles. The van der Waals surface area contributed by atoms with Crippen molar-refractivity contribution in [3.63, 3.8) is 0 Å². The highest BCUT2D eigenvalue weighted by Gasteiger charge is 2.28. The molecule has 0 spiro atoms. The molecule has 0 aliphatic rings. The van der Waals surface area contributed by atoms with Crippen LogP contribution in [0.25, 0.3) is 15.2 Å². The number of ether oxygens (including phenoxy) is 2. The van der Waals surface area contributed by atoms with Crippen LogP contribution in [0, 0.1) is 24.1 Å². The summed E-state index contributed by atoms with van der Waals surface area (Å²) in [7, 11) is 1.44. The van der Waals surface area contributed by atoms with E-state index in [4.69, 9.17) is 14.7 Å². The molecule has 0 unspecified atom stereocenters. The van der Waals surface area contributed by atoms with Crippen LogP contribution in [0.3, 0.4) is 0 Å². The number of rotatable bonds is 12. The second-order valence-corrected chi connectivity index (χ2v) is 10.3. The summed E-state index contributed by atoms with van der Waals surface area (Å²) in [4.78, 5) is 41.1. The lowest BCUT2D eigenvalue weighted by molar-refractivity contribution is -0.122. The van der Waals surface area contributed by atoms with Crippen molar-refractivity contribution in [1.82, 2.24) is 18.9 Å². The molecule has 40 heavy (non-hydrogen) atoms. The smallest absolute Gasteiger partial charge is 0.332 e. The Bertz CT molecular complexity index is 1680. The number of aryl methyl sites for hydroxylation is 1. The number of aromatic nitrogens is 4. The van der Waals surface area contributed by atoms with E-state index in [-0.39, 0.29) is 37.2 Å². The minimum Gasteiger partial charge on any atom is -0.496 e. The van der Waals surface area contributed by atoms with Crippen molar-refractivity contribution >= 4 is 27.3 Å². The molecule has 2 atom stereocenters. The lowest BCUT2D eigenvalue weighted by Gasteiger charge is -2.23. The molecular weight excluding hydrogens is 537 g/mol. The fourth-order valence-electron chi connectivity index (χ4n) is 4.67. The molecule has 0 aliphatic carbocycles. The SMILES string of the molecule is CCCC(=O)[C@H](C)n1c(=O)c2c(C)c(-n3cccn3)sc2n(C[C@H](OCCC#N)c2cc(F)ccc2OC)c1=O. The fraction of sp³-hybridized carbons (Fsp3) is 0.393. The van der Waals surface area contributed by atoms with Gasteiger partial charge in [0.25, 0.3) is 5.56 Å². The predicted octanol–water partition coefficient (Wildman–Crippen LogP) is 4.47. The summed E-state index contributed by atoms with van der Waals surface area (Å²) >= 11 is 1.21. The van der Waals surface area contributed by atoms with E-state index in [0.29, 0.717) is 33.1 Å². The van der Waals surface area contributed by atoms with E-state index in [1.807, 2.05) is 13.0 Å². The van der Waals surface area contributed by atoms with E-state index in [9.17, 15) is 18.8 Å². The fourth-order valence-corrected chi connectivity index (χ4v) is 5.92. The first-order valence-electron chi connectivity index (χ1n) is 12.9. The highest BCUT2D eigenvalue weighted by molar-refractivity contribution is 7.21. The van der Waals surface area contributed by atoms with E-state index in [1.54, 1.807) is 37.0 Å². The zero-order valence-electron chi connectivity index (χ0n) is 22.7. The number of ketones is 1. The molecule has 4 aromatic rings. The standard InChI is InChI=1S/C28H30FN5O5S/c1-5-8-21(35)18(3)34-25(36)24-17(2)26(33-13-7-12-31-33)40-27(24)32(28(34)37)16-23(39-14-6-11-30)20-15-19(29)9-10-22(20)38-4/h7,9-10,12-13,15,18,23H,5-6,8,14,16H2,1-4H3/t18-,23-/m0/s1. The summed E-state index contributed by atoms with van der Waals surface area (Å²) < 4.78 is 29.8. The Hall–Kier alpha value is -4.08. The largest absolute Gasteiger partial charge is 0.496 e. The van der Waals surface area contributed by atoms with Crippen LogP contribution in [0.1, 0.15) is 56.4 Å². The molecule has 3 aromatic heterocycles. The van der Waals surface area contributed by atoms with E-state index in [0.717, 1.165) is 4.57 Å². The number of nitrogens with zero attached hydrogens (tertiary/aromatic N) is 5. The summed E-state index contributed by atoms with van der Waals surface area (Å²) in [5.74, 6) is -0.424. The van der Waals surface area contributed by atoms with Gasteiger partial charge in [-0.1, -0.05) is 18.3 Å². The van der Waals surface area contributed by atoms with Gasteiger partial charge in [-0.15, -0.1) is 0 Å². The maximum absolute atomic E-state index is 14.4. The third-order valence-corrected chi connectivity index (χ3v) is 8.00. The van der Waals surface area contributed by atoms with Crippen molar-refractivity contribution in [3.8, 4) is 16.8 Å². The van der Waals surface area contributed by atoms with Gasteiger partial charge in [0, 0.05) is 29.9 Å². The quantitative estimate of drug-likeness (QED) is 0.232. The molecular formula is C28H30FN5O5S. The second kappa shape index (κ2) is 12.4. The average molecular weight is 568 g/mol. The lowest BCUT2D eigenvalue weighted by atomic mass is 10.1. The molecule has 0 saturated heterocycles. The molecule has 10 nitrogen and oxygen atoms in total. The predicted molar refractivity (Wildman–Crippen MR) is 149 cm³/mol. The minimum atomic E-state index is -0.996. The van der Waals surface area contributed by atoms with Gasteiger partial charge in [0.1, 0.15) is 27.5 Å². The van der Waals surface area contributed by atoms with Gasteiger partial charge in [-0.25, -0.2) is 18.4 Å². The number of carbonyl (C=O) groups is 1. The first-order valence-corrected chi connectivity index (χ1v) is 13.7. The van der Waals surface area contributed by atoms with Gasteiger partial charge >= 0.3 is 5.69 Å². The monoisotopic (exact) mass is 567 g/mol. The van der Waals surface area contributed by atoms with Crippen molar-refractivity contribution in [2.75, 3.05) is 13.7 Å². The van der Waals surface area contributed by atoms with Gasteiger partial charge in [-0.2, -0.15) is 10.4 Å². The number of Topliss-reactive ketones (excluding diaryl/α,β-unsaturated/α-hetero) is 1. The maximum atomic E-state index is 14.4. The summed E-state index contributed by atoms with van der Waals surface area (Å²) in [6, 6.07) is 6.73. The number of halogens is 1. The van der Waals surface area contributed by atoms with Gasteiger partial charge in [0.15, 0.2) is 5.78 Å². The molecule has 0 N–H and O–H groups in total. The summed E-state index contributed by atoms with van der Waals surface area (Å²) in [5.41, 5.74) is -0.303. The highest BCUT2D eigenvalue weighted by Crippen LogP contribution is 2.34. The summed E-state index contributed by atoms with van der Waals surface area (Å²) in [6.45, 7) is 5.05. The van der Waals surface area contributed by atoms with Crippen LogP contribution >= 0.6 is 11.3 Å². The molecule has 0 saturated carbocycles. The molecule has 0 aliphatic heterocycles. The van der Waals surface area contributed by atoms with Crippen LogP contribution in [0.15, 0.2) is 46.2 Å². The Morgan fingerprint density at radius 2 is 2.08 bits per heavy atom. The first kappa shape index (κ1) is 28.9. The van der Waals surface area contributed by atoms with Gasteiger partial charge in [0.2, 0.25) is 0 Å². The molecule has 12 heteroatoms. The average Bonchev–Trinajstić information content (AvgIpc) is 3.58. The molecule has 210 valence electrons. The van der Waals surface area contributed by atoms with Crippen molar-refractivity contribution in [1.29, 1.82) is 5.26 Å². The number of hydrogen-bond acceptors (Lipinski definition) is 8. The lowest BCUT2D eigenvalue weighted by Crippen LogP contribution is -2.44. The normalized spacial score (nSPS) is 12.8. The van der Waals surface area contributed by atoms with E-state index in [1.165, 1.54) is 41.2 Å². The number of methoxy groups -OCH3 is 1. The van der Waals surface area contributed by atoms with Crippen LogP contribution in [-0.4, -0.2) is 38.4 Å². The maximum Gasteiger partial charge on any atom is 0.332 e. The Kier molecular flexibility index (Phi) is 8.96. The zero-order valence-corrected chi connectivity index (χ0v) is 23.5. The Balaban J connectivity index is 1.99. The van der Waals surface area contributed by atoms with Crippen molar-refractivity contribution in [3.05, 3.63) is 74.4 Å². The minimum absolute atomic E-state index is 0.0196. The number of hydrogen-bond donors (Lipinski definition) is 0. The van der Waals surface area contributed by atoms with Gasteiger partial charge < -0.3 is 9.47 Å². The van der Waals surface area contributed by atoms with Crippen LogP contribution < -0.4 is 16.0 Å². The number of carbonyl (C=O) groups excluding carboxylic acids is 1. The molecule has 0 amide bonds. The third-order valence-electron chi connectivity index (χ3n) is 6.70. The number of benzene rings is 1. The topological polar surface area (TPSA) is 121 Å². The number of fused-ring (bicyclic) bond motifs is 1. The number of thiophene rings is 1. The Morgan fingerprint density at radius 1 is 1.30 bits per heavy atom. The van der Waals surface area contributed by atoms with Crippen molar-refractivity contribution in [2.45, 2.75) is 58.7 Å². The number of nitriles is 1. The molecule has 4 rings (SSSR count). The van der Waals surface area contributed by atoms with Crippen LogP contribution in [0.4, 0.5) is 4.39 Å². The summed E-state index contributed by atoms with van der Waals surface area (Å²) in [5, 5.41) is 14.3. The summed E-state index contributed by atoms with van der Waals surface area (Å²) in [6.07, 6.45) is 3.29. The van der Waals surface area contributed by atoms with Gasteiger partial charge in [-0.3, -0.25) is 14.2 Å². The van der Waals surface area contributed by atoms with Gasteiger partial charge in [0.05, 0.1) is 44.2 Å². The second-order valence-electron chi connectivity index (χ2n) is 9.28. The van der Waals surface area contributed by atoms with Crippen molar-refractivity contribution in [2.24, 2.45) is 0 Å². The van der Waals surface area contributed by atoms with Crippen LogP contribution in [0.5, 0.6) is 5.75 Å². The van der Waals surface area contributed by atoms with E-state index < -0.39 is 29.2 Å². The molecule has 3 heterocycles. The Labute approximate surface area is 233 Å². The molecule has 0 bridgehead atoms. The highest BCUT2D eigenvalue weighted by atomic mass is 32.1. The molecule has 0 fully saturated rings. The first-order chi connectivity index (χ1) is 19.2. The van der Waals surface area contributed by atoms with Crippen LogP contribution in [-0.2, 0) is 16.1 Å². The van der Waals surface area contributed by atoms with E-state index >= 15 is 0 Å². The van der Waals surface area contributed by atoms with Crippen molar-refractivity contribution < 1.29 is 18.7 Å². The van der Waals surface area contributed by atoms with Crippen LogP contribution in [0.2, 0.25) is 0 Å². The van der Waals surface area contributed by atoms with Gasteiger partial charge in [-0.05, 0) is 44.5 Å². The third kappa shape index (κ3) is 5.48.